The average Bonchev–Trinajstić information content (AvgIpc) is 2.37. The zero-order valence-electron chi connectivity index (χ0n) is 5.20. The van der Waals surface area contributed by atoms with Gasteiger partial charge in [-0.05, 0) is 6.07 Å². The van der Waals surface area contributed by atoms with Gasteiger partial charge in [0.2, 0.25) is 0 Å². The summed E-state index contributed by atoms with van der Waals surface area (Å²) >= 11 is 0. The normalized spacial score (nSPS) is 13.0. The predicted octanol–water partition coefficient (Wildman–Crippen LogP) is 1.58. The van der Waals surface area contributed by atoms with E-state index in [4.69, 9.17) is 4.42 Å². The Bertz CT molecular complexity index is 177. The summed E-state index contributed by atoms with van der Waals surface area (Å²) in [5.41, 5.74) is 0.935. The number of carbonyl (C=O) groups is 1. The standard InChI is InChI=1S/C7H8O2/c1-6(4-8)7-2-3-9-5-7/h2-6H,1H3. The second kappa shape index (κ2) is 2.49. The van der Waals surface area contributed by atoms with Crippen molar-refractivity contribution in [3.63, 3.8) is 0 Å². The first-order valence-corrected chi connectivity index (χ1v) is 2.82. The minimum Gasteiger partial charge on any atom is -0.472 e. The van der Waals surface area contributed by atoms with Crippen molar-refractivity contribution in [1.82, 2.24) is 0 Å². The molecule has 0 spiro atoms. The van der Waals surface area contributed by atoms with Crippen LogP contribution in [0.2, 0.25) is 0 Å². The largest absolute Gasteiger partial charge is 0.472 e. The molecule has 0 aromatic carbocycles. The number of furan rings is 1. The first-order valence-electron chi connectivity index (χ1n) is 2.82. The minimum atomic E-state index is -0.0382. The van der Waals surface area contributed by atoms with E-state index in [1.807, 2.05) is 6.92 Å². The molecule has 0 aliphatic carbocycles. The van der Waals surface area contributed by atoms with Gasteiger partial charge in [0.25, 0.3) is 0 Å². The fourth-order valence-electron chi connectivity index (χ4n) is 0.613. The van der Waals surface area contributed by atoms with Crippen molar-refractivity contribution in [1.29, 1.82) is 0 Å². The third kappa shape index (κ3) is 1.19. The lowest BCUT2D eigenvalue weighted by Gasteiger charge is -1.93. The van der Waals surface area contributed by atoms with Gasteiger partial charge in [-0.2, -0.15) is 0 Å². The van der Waals surface area contributed by atoms with Crippen LogP contribution in [0.4, 0.5) is 0 Å². The fourth-order valence-corrected chi connectivity index (χ4v) is 0.613. The van der Waals surface area contributed by atoms with E-state index in [0.717, 1.165) is 11.8 Å². The topological polar surface area (TPSA) is 30.2 Å². The highest BCUT2D eigenvalue weighted by molar-refractivity contribution is 5.60. The smallest absolute Gasteiger partial charge is 0.127 e. The molecule has 9 heavy (non-hydrogen) atoms. The van der Waals surface area contributed by atoms with Crippen molar-refractivity contribution in [2.45, 2.75) is 12.8 Å². The van der Waals surface area contributed by atoms with Gasteiger partial charge in [0.1, 0.15) is 6.29 Å². The Hall–Kier alpha value is -1.05. The lowest BCUT2D eigenvalue weighted by Crippen LogP contribution is -1.89. The maximum absolute atomic E-state index is 10.2. The van der Waals surface area contributed by atoms with Gasteiger partial charge >= 0.3 is 0 Å². The van der Waals surface area contributed by atoms with E-state index in [9.17, 15) is 4.79 Å². The molecule has 0 aliphatic heterocycles. The molecule has 0 aliphatic rings. The number of carbonyl (C=O) groups excluding carboxylic acids is 1. The van der Waals surface area contributed by atoms with Crippen molar-refractivity contribution in [3.05, 3.63) is 24.2 Å². The van der Waals surface area contributed by atoms with E-state index >= 15 is 0 Å². The Morgan fingerprint density at radius 3 is 3.00 bits per heavy atom. The molecule has 1 rings (SSSR count). The van der Waals surface area contributed by atoms with Gasteiger partial charge in [0.05, 0.1) is 12.5 Å². The second-order valence-electron chi connectivity index (χ2n) is 1.98. The van der Waals surface area contributed by atoms with Gasteiger partial charge in [-0.15, -0.1) is 0 Å². The van der Waals surface area contributed by atoms with E-state index < -0.39 is 0 Å². The molecule has 1 unspecified atom stereocenters. The third-order valence-electron chi connectivity index (χ3n) is 1.27. The molecule has 0 amide bonds. The highest BCUT2D eigenvalue weighted by atomic mass is 16.3. The molecular weight excluding hydrogens is 116 g/mol. The zero-order valence-corrected chi connectivity index (χ0v) is 5.20. The molecule has 48 valence electrons. The van der Waals surface area contributed by atoms with Gasteiger partial charge in [0.15, 0.2) is 0 Å². The van der Waals surface area contributed by atoms with Gasteiger partial charge in [0, 0.05) is 11.5 Å². The molecule has 1 aromatic heterocycles. The Morgan fingerprint density at radius 1 is 1.78 bits per heavy atom. The Kier molecular flexibility index (Phi) is 1.68. The van der Waals surface area contributed by atoms with Crippen LogP contribution in [-0.2, 0) is 4.79 Å². The minimum absolute atomic E-state index is 0.0382. The molecule has 0 radical (unpaired) electrons. The van der Waals surface area contributed by atoms with Crippen molar-refractivity contribution in [2.75, 3.05) is 0 Å². The Balaban J connectivity index is 2.76. The van der Waals surface area contributed by atoms with E-state index in [2.05, 4.69) is 0 Å². The van der Waals surface area contributed by atoms with Gasteiger partial charge < -0.3 is 9.21 Å². The SMILES string of the molecule is CC(C=O)c1ccoc1. The molecular formula is C7H8O2. The summed E-state index contributed by atoms with van der Waals surface area (Å²) < 4.78 is 4.78. The number of hydrogen-bond donors (Lipinski definition) is 0. The van der Waals surface area contributed by atoms with Crippen LogP contribution in [0.15, 0.2) is 23.0 Å². The molecule has 1 atom stereocenters. The van der Waals surface area contributed by atoms with Crippen LogP contribution in [0.3, 0.4) is 0 Å². The van der Waals surface area contributed by atoms with Crippen LogP contribution in [0, 0.1) is 0 Å². The summed E-state index contributed by atoms with van der Waals surface area (Å²) in [6.07, 6.45) is 4.04. The lowest BCUT2D eigenvalue weighted by atomic mass is 10.1. The molecule has 2 heteroatoms. The monoisotopic (exact) mass is 124 g/mol. The van der Waals surface area contributed by atoms with Gasteiger partial charge in [-0.3, -0.25) is 0 Å². The number of rotatable bonds is 2. The predicted molar refractivity (Wildman–Crippen MR) is 33.2 cm³/mol. The van der Waals surface area contributed by atoms with Crippen LogP contribution in [0.5, 0.6) is 0 Å². The fraction of sp³-hybridized carbons (Fsp3) is 0.286. The summed E-state index contributed by atoms with van der Waals surface area (Å²) in [6.45, 7) is 1.83. The number of aldehydes is 1. The van der Waals surface area contributed by atoms with E-state index in [-0.39, 0.29) is 5.92 Å². The first-order chi connectivity index (χ1) is 4.34. The summed E-state index contributed by atoms with van der Waals surface area (Å²) in [7, 11) is 0. The van der Waals surface area contributed by atoms with Crippen LogP contribution < -0.4 is 0 Å². The van der Waals surface area contributed by atoms with E-state index in [0.29, 0.717) is 0 Å². The lowest BCUT2D eigenvalue weighted by molar-refractivity contribution is -0.108. The van der Waals surface area contributed by atoms with E-state index in [1.54, 1.807) is 18.6 Å². The highest BCUT2D eigenvalue weighted by Gasteiger charge is 2.02. The first kappa shape index (κ1) is 6.08. The summed E-state index contributed by atoms with van der Waals surface area (Å²) in [4.78, 5) is 10.2. The van der Waals surface area contributed by atoms with Crippen LogP contribution >= 0.6 is 0 Å². The van der Waals surface area contributed by atoms with Crippen LogP contribution in [0.1, 0.15) is 18.4 Å². The van der Waals surface area contributed by atoms with Crippen LogP contribution in [-0.4, -0.2) is 6.29 Å². The van der Waals surface area contributed by atoms with Crippen LogP contribution in [0.25, 0.3) is 0 Å². The third-order valence-corrected chi connectivity index (χ3v) is 1.27. The molecule has 1 heterocycles. The molecule has 0 bridgehead atoms. The van der Waals surface area contributed by atoms with Crippen molar-refractivity contribution in [3.8, 4) is 0 Å². The summed E-state index contributed by atoms with van der Waals surface area (Å²) in [6, 6.07) is 1.79. The Morgan fingerprint density at radius 2 is 2.56 bits per heavy atom. The molecule has 0 N–H and O–H groups in total. The molecule has 2 nitrogen and oxygen atoms in total. The second-order valence-corrected chi connectivity index (χ2v) is 1.98. The van der Waals surface area contributed by atoms with E-state index in [1.165, 1.54) is 0 Å². The van der Waals surface area contributed by atoms with Gasteiger partial charge in [-0.25, -0.2) is 0 Å². The molecule has 1 aromatic rings. The maximum atomic E-state index is 10.2. The highest BCUT2D eigenvalue weighted by Crippen LogP contribution is 2.11. The average molecular weight is 124 g/mol. The molecule has 0 fully saturated rings. The molecule has 0 saturated heterocycles. The quantitative estimate of drug-likeness (QED) is 0.560. The van der Waals surface area contributed by atoms with Crippen molar-refractivity contribution < 1.29 is 9.21 Å². The summed E-state index contributed by atoms with van der Waals surface area (Å²) in [5, 5.41) is 0. The van der Waals surface area contributed by atoms with Crippen molar-refractivity contribution in [2.24, 2.45) is 0 Å². The molecule has 0 saturated carbocycles. The maximum Gasteiger partial charge on any atom is 0.127 e. The van der Waals surface area contributed by atoms with Gasteiger partial charge in [-0.1, -0.05) is 6.92 Å². The Labute approximate surface area is 53.5 Å². The summed E-state index contributed by atoms with van der Waals surface area (Å²) in [5.74, 6) is -0.0382. The zero-order chi connectivity index (χ0) is 6.69. The number of hydrogen-bond acceptors (Lipinski definition) is 2. The van der Waals surface area contributed by atoms with Crippen molar-refractivity contribution >= 4 is 6.29 Å².